The number of thiazole rings is 1. The monoisotopic (exact) mass is 287 g/mol. The van der Waals surface area contributed by atoms with E-state index in [1.165, 1.54) is 22.3 Å². The van der Waals surface area contributed by atoms with Crippen molar-refractivity contribution in [3.8, 4) is 11.4 Å². The molecule has 0 amide bonds. The number of aryl methyl sites for hydroxylation is 1. The van der Waals surface area contributed by atoms with Crippen LogP contribution in [0, 0.1) is 6.92 Å². The Balaban J connectivity index is 1.74. The number of carbonyl (C=O) groups is 1. The van der Waals surface area contributed by atoms with Gasteiger partial charge in [0.25, 0.3) is 0 Å². The fourth-order valence-corrected chi connectivity index (χ4v) is 2.15. The van der Waals surface area contributed by atoms with Crippen molar-refractivity contribution in [3.05, 3.63) is 46.7 Å². The number of nitrogens with zero attached hydrogens (tertiary/aromatic N) is 5. The predicted octanol–water partition coefficient (Wildman–Crippen LogP) is 1.65. The van der Waals surface area contributed by atoms with Crippen LogP contribution in [0.2, 0.25) is 0 Å². The van der Waals surface area contributed by atoms with Gasteiger partial charge in [-0.15, -0.1) is 16.4 Å². The summed E-state index contributed by atoms with van der Waals surface area (Å²) in [4.78, 5) is 15.9. The number of carbonyl (C=O) groups excluding carboxylic acids is 1. The van der Waals surface area contributed by atoms with E-state index < -0.39 is 5.97 Å². The Kier molecular flexibility index (Phi) is 3.21. The van der Waals surface area contributed by atoms with Crippen LogP contribution in [0.15, 0.2) is 36.0 Å². The summed E-state index contributed by atoms with van der Waals surface area (Å²) < 4.78 is 6.74. The average Bonchev–Trinajstić information content (AvgIpc) is 3.10. The van der Waals surface area contributed by atoms with Gasteiger partial charge in [0.05, 0.1) is 10.7 Å². The maximum Gasteiger partial charge on any atom is 0.363 e. The number of tetrazole rings is 1. The van der Waals surface area contributed by atoms with Crippen molar-refractivity contribution in [3.63, 3.8) is 0 Å². The molecule has 0 unspecified atom stereocenters. The molecule has 20 heavy (non-hydrogen) atoms. The fraction of sp³-hybridized carbons (Fsp3) is 0.0833. The van der Waals surface area contributed by atoms with Gasteiger partial charge in [0.2, 0.25) is 0 Å². The third-order valence-corrected chi connectivity index (χ3v) is 3.26. The first kappa shape index (κ1) is 12.4. The summed E-state index contributed by atoms with van der Waals surface area (Å²) in [5.74, 6) is -0.0259. The van der Waals surface area contributed by atoms with Crippen LogP contribution in [-0.4, -0.2) is 31.2 Å². The maximum atomic E-state index is 11.8. The van der Waals surface area contributed by atoms with E-state index in [1.54, 1.807) is 29.6 Å². The molecule has 0 aliphatic heterocycles. The van der Waals surface area contributed by atoms with E-state index in [9.17, 15) is 4.79 Å². The zero-order valence-corrected chi connectivity index (χ0v) is 11.2. The highest BCUT2D eigenvalue weighted by Gasteiger charge is 2.12. The molecular weight excluding hydrogens is 278 g/mol. The van der Waals surface area contributed by atoms with E-state index >= 15 is 0 Å². The largest absolute Gasteiger partial charge is 0.422 e. The topological polar surface area (TPSA) is 82.8 Å². The van der Waals surface area contributed by atoms with Gasteiger partial charge in [0, 0.05) is 5.38 Å². The molecular formula is C12H9N5O2S. The maximum absolute atomic E-state index is 11.8. The first-order chi connectivity index (χ1) is 9.72. The van der Waals surface area contributed by atoms with Crippen molar-refractivity contribution in [2.45, 2.75) is 6.92 Å². The Hall–Kier alpha value is -2.61. The lowest BCUT2D eigenvalue weighted by molar-refractivity contribution is 0.0729. The van der Waals surface area contributed by atoms with Gasteiger partial charge < -0.3 is 4.74 Å². The molecule has 8 heteroatoms. The van der Waals surface area contributed by atoms with E-state index in [0.717, 1.165) is 10.7 Å². The minimum Gasteiger partial charge on any atom is -0.422 e. The Labute approximate surface area is 117 Å². The summed E-state index contributed by atoms with van der Waals surface area (Å²) in [7, 11) is 0. The van der Waals surface area contributed by atoms with Gasteiger partial charge in [0.1, 0.15) is 12.1 Å². The summed E-state index contributed by atoms with van der Waals surface area (Å²) >= 11 is 1.41. The van der Waals surface area contributed by atoms with E-state index in [2.05, 4.69) is 20.5 Å². The Morgan fingerprint density at radius 3 is 2.70 bits per heavy atom. The van der Waals surface area contributed by atoms with Gasteiger partial charge in [-0.05, 0) is 41.6 Å². The second-order valence-electron chi connectivity index (χ2n) is 3.89. The van der Waals surface area contributed by atoms with Crippen molar-refractivity contribution < 1.29 is 9.53 Å². The first-order valence-corrected chi connectivity index (χ1v) is 6.58. The molecule has 0 fully saturated rings. The van der Waals surface area contributed by atoms with Crippen molar-refractivity contribution in [1.29, 1.82) is 0 Å². The molecule has 0 saturated carbocycles. The normalized spacial score (nSPS) is 10.4. The van der Waals surface area contributed by atoms with Crippen LogP contribution < -0.4 is 4.74 Å². The van der Waals surface area contributed by atoms with Crippen LogP contribution in [-0.2, 0) is 0 Å². The minimum absolute atomic E-state index is 0.317. The molecule has 100 valence electrons. The van der Waals surface area contributed by atoms with Crippen molar-refractivity contribution in [2.75, 3.05) is 0 Å². The van der Waals surface area contributed by atoms with Gasteiger partial charge >= 0.3 is 5.97 Å². The second-order valence-corrected chi connectivity index (χ2v) is 4.95. The van der Waals surface area contributed by atoms with Gasteiger partial charge in [-0.1, -0.05) is 0 Å². The highest BCUT2D eigenvalue weighted by atomic mass is 32.1. The summed E-state index contributed by atoms with van der Waals surface area (Å²) in [6, 6.07) is 6.86. The highest BCUT2D eigenvalue weighted by Crippen LogP contribution is 2.16. The molecule has 3 aromatic rings. The number of ether oxygens (including phenoxy) is 1. The van der Waals surface area contributed by atoms with Crippen molar-refractivity contribution in [1.82, 2.24) is 25.2 Å². The average molecular weight is 287 g/mol. The van der Waals surface area contributed by atoms with Crippen LogP contribution in [0.3, 0.4) is 0 Å². The summed E-state index contributed by atoms with van der Waals surface area (Å²) in [6.45, 7) is 1.84. The zero-order valence-electron chi connectivity index (χ0n) is 10.4. The second kappa shape index (κ2) is 5.17. The summed E-state index contributed by atoms with van der Waals surface area (Å²) in [6.07, 6.45) is 1.49. The molecule has 2 aromatic heterocycles. The first-order valence-electron chi connectivity index (χ1n) is 5.70. The molecule has 2 heterocycles. The smallest absolute Gasteiger partial charge is 0.363 e. The number of hydrogen-bond donors (Lipinski definition) is 0. The molecule has 1 aromatic carbocycles. The lowest BCUT2D eigenvalue weighted by atomic mass is 10.3. The Morgan fingerprint density at radius 2 is 2.10 bits per heavy atom. The highest BCUT2D eigenvalue weighted by molar-refractivity contribution is 7.09. The molecule has 0 N–H and O–H groups in total. The summed E-state index contributed by atoms with van der Waals surface area (Å²) in [5.41, 5.74) is 1.09. The van der Waals surface area contributed by atoms with Gasteiger partial charge in [-0.25, -0.2) is 14.5 Å². The van der Waals surface area contributed by atoms with Gasteiger partial charge in [0.15, 0.2) is 5.69 Å². The van der Waals surface area contributed by atoms with Crippen LogP contribution in [0.25, 0.3) is 5.69 Å². The van der Waals surface area contributed by atoms with Crippen LogP contribution in [0.1, 0.15) is 15.5 Å². The zero-order chi connectivity index (χ0) is 13.9. The molecule has 0 spiro atoms. The van der Waals surface area contributed by atoms with Crippen molar-refractivity contribution in [2.24, 2.45) is 0 Å². The van der Waals surface area contributed by atoms with Crippen LogP contribution in [0.4, 0.5) is 0 Å². The van der Waals surface area contributed by atoms with E-state index in [4.69, 9.17) is 4.74 Å². The third kappa shape index (κ3) is 2.54. The van der Waals surface area contributed by atoms with Gasteiger partial charge in [-0.2, -0.15) is 0 Å². The van der Waals surface area contributed by atoms with E-state index in [1.807, 2.05) is 6.92 Å². The molecule has 0 saturated heterocycles. The predicted molar refractivity (Wildman–Crippen MR) is 71.0 cm³/mol. The third-order valence-electron chi connectivity index (χ3n) is 2.49. The minimum atomic E-state index is -0.468. The standard InChI is InChI=1S/C12H9N5O2S/c1-8-14-11(6-20-8)12(18)19-10-4-2-9(3-5-10)17-7-13-15-16-17/h2-7H,1H3. The molecule has 0 atom stereocenters. The van der Waals surface area contributed by atoms with Crippen LogP contribution >= 0.6 is 11.3 Å². The van der Waals surface area contributed by atoms with E-state index in [-0.39, 0.29) is 0 Å². The van der Waals surface area contributed by atoms with Crippen LogP contribution in [0.5, 0.6) is 5.75 Å². The fourth-order valence-electron chi connectivity index (χ4n) is 1.56. The molecule has 0 bridgehead atoms. The Bertz CT molecular complexity index is 721. The molecule has 3 rings (SSSR count). The lowest BCUT2D eigenvalue weighted by Crippen LogP contribution is -2.09. The molecule has 0 aliphatic rings. The number of benzene rings is 1. The van der Waals surface area contributed by atoms with E-state index in [0.29, 0.717) is 11.4 Å². The Morgan fingerprint density at radius 1 is 1.30 bits per heavy atom. The number of aromatic nitrogens is 5. The number of esters is 1. The molecule has 0 radical (unpaired) electrons. The SMILES string of the molecule is Cc1nc(C(=O)Oc2ccc(-n3cnnn3)cc2)cs1. The summed E-state index contributed by atoms with van der Waals surface area (Å²) in [5, 5.41) is 13.4. The quantitative estimate of drug-likeness (QED) is 0.538. The molecule has 0 aliphatic carbocycles. The number of rotatable bonds is 3. The van der Waals surface area contributed by atoms with Gasteiger partial charge in [-0.3, -0.25) is 0 Å². The lowest BCUT2D eigenvalue weighted by Gasteiger charge is -2.03. The van der Waals surface area contributed by atoms with Crippen molar-refractivity contribution >= 4 is 17.3 Å². The number of hydrogen-bond acceptors (Lipinski definition) is 7. The molecule has 7 nitrogen and oxygen atoms in total.